The number of hydrogen-bond donors (Lipinski definition) is 1. The average Bonchev–Trinajstić information content (AvgIpc) is 2.99. The zero-order valence-corrected chi connectivity index (χ0v) is 16.1. The predicted molar refractivity (Wildman–Crippen MR) is 108 cm³/mol. The fraction of sp³-hybridized carbons (Fsp3) is 0.143. The van der Waals surface area contributed by atoms with Crippen LogP contribution in [0.15, 0.2) is 60.8 Å². The number of halogens is 1. The third-order valence-corrected chi connectivity index (χ3v) is 4.81. The number of fused-ring (bicyclic) bond motifs is 1. The quantitative estimate of drug-likeness (QED) is 0.688. The predicted octanol–water partition coefficient (Wildman–Crippen LogP) is 4.52. The number of hydrogen-bond acceptors (Lipinski definition) is 5. The lowest BCUT2D eigenvalue weighted by Gasteiger charge is -2.28. The van der Waals surface area contributed by atoms with Crippen molar-refractivity contribution < 1.29 is 14.3 Å². The summed E-state index contributed by atoms with van der Waals surface area (Å²) in [4.78, 5) is 19.3. The van der Waals surface area contributed by atoms with Gasteiger partial charge in [-0.05, 0) is 42.5 Å². The van der Waals surface area contributed by atoms with Gasteiger partial charge in [0.2, 0.25) is 0 Å². The monoisotopic (exact) mass is 395 g/mol. The minimum absolute atomic E-state index is 0.172. The molecule has 0 fully saturated rings. The largest absolute Gasteiger partial charge is 0.497 e. The molecule has 3 aromatic rings. The zero-order valence-electron chi connectivity index (χ0n) is 15.3. The van der Waals surface area contributed by atoms with Crippen LogP contribution in [0.2, 0.25) is 5.02 Å². The fourth-order valence-electron chi connectivity index (χ4n) is 3.29. The van der Waals surface area contributed by atoms with E-state index in [1.165, 1.54) is 0 Å². The topological polar surface area (TPSA) is 63.7 Å². The number of benzene rings is 2. The van der Waals surface area contributed by atoms with Gasteiger partial charge in [0.15, 0.2) is 6.17 Å². The van der Waals surface area contributed by atoms with Gasteiger partial charge in [0.1, 0.15) is 11.5 Å². The maximum Gasteiger partial charge on any atom is 0.262 e. The molecule has 1 aliphatic rings. The highest BCUT2D eigenvalue weighted by atomic mass is 35.5. The van der Waals surface area contributed by atoms with Crippen LogP contribution in [-0.4, -0.2) is 25.1 Å². The lowest BCUT2D eigenvalue weighted by atomic mass is 10.2. The van der Waals surface area contributed by atoms with Crippen LogP contribution in [0.1, 0.15) is 22.2 Å². The van der Waals surface area contributed by atoms with Crippen LogP contribution in [0, 0.1) is 0 Å². The third-order valence-electron chi connectivity index (χ3n) is 4.58. The highest BCUT2D eigenvalue weighted by molar-refractivity contribution is 6.30. The molecule has 7 heteroatoms. The Kier molecular flexibility index (Phi) is 4.79. The molecule has 2 aromatic carbocycles. The summed E-state index contributed by atoms with van der Waals surface area (Å²) in [6, 6.07) is 16.2. The molecule has 0 saturated heterocycles. The summed E-state index contributed by atoms with van der Waals surface area (Å²) < 4.78 is 10.9. The van der Waals surface area contributed by atoms with Gasteiger partial charge in [0, 0.05) is 23.0 Å². The van der Waals surface area contributed by atoms with Gasteiger partial charge >= 0.3 is 0 Å². The lowest BCUT2D eigenvalue weighted by Crippen LogP contribution is -2.32. The van der Waals surface area contributed by atoms with E-state index in [4.69, 9.17) is 21.1 Å². The first-order valence-corrected chi connectivity index (χ1v) is 9.03. The Bertz CT molecular complexity index is 1040. The standard InChI is InChI=1S/C21H18ClN3O3/c1-27-15-8-9-18(28-2)17(12-15)25-20(24-14-6-3-5-13(22)11-14)19-16(21(25)26)7-4-10-23-19/h3-12,20,24H,1-2H3/t20-/m1/s1. The van der Waals surface area contributed by atoms with Gasteiger partial charge in [-0.1, -0.05) is 17.7 Å². The van der Waals surface area contributed by atoms with Gasteiger partial charge in [0.25, 0.3) is 5.91 Å². The van der Waals surface area contributed by atoms with E-state index >= 15 is 0 Å². The molecule has 0 spiro atoms. The normalized spacial score (nSPS) is 15.3. The molecule has 1 aliphatic heterocycles. The van der Waals surface area contributed by atoms with Gasteiger partial charge < -0.3 is 14.8 Å². The lowest BCUT2D eigenvalue weighted by molar-refractivity contribution is 0.0992. The van der Waals surface area contributed by atoms with Crippen molar-refractivity contribution in [3.8, 4) is 11.5 Å². The van der Waals surface area contributed by atoms with Crippen LogP contribution in [0.25, 0.3) is 0 Å². The van der Waals surface area contributed by atoms with E-state index in [1.807, 2.05) is 12.1 Å². The van der Waals surface area contributed by atoms with Crippen molar-refractivity contribution in [1.82, 2.24) is 4.98 Å². The van der Waals surface area contributed by atoms with Crippen LogP contribution >= 0.6 is 11.6 Å². The molecule has 1 amide bonds. The molecule has 142 valence electrons. The molecule has 4 rings (SSSR count). The van der Waals surface area contributed by atoms with Gasteiger partial charge in [-0.25, -0.2) is 0 Å². The number of pyridine rings is 1. The number of ether oxygens (including phenoxy) is 2. The molecule has 6 nitrogen and oxygen atoms in total. The summed E-state index contributed by atoms with van der Waals surface area (Å²) in [5.74, 6) is 1.00. The number of rotatable bonds is 5. The molecule has 28 heavy (non-hydrogen) atoms. The number of nitrogens with zero attached hydrogens (tertiary/aromatic N) is 2. The first kappa shape index (κ1) is 18.1. The molecule has 0 aliphatic carbocycles. The minimum atomic E-state index is -0.525. The van der Waals surface area contributed by atoms with Crippen molar-refractivity contribution in [2.24, 2.45) is 0 Å². The maximum atomic E-state index is 13.3. The number of carbonyl (C=O) groups is 1. The molecular formula is C21H18ClN3O3. The van der Waals surface area contributed by atoms with E-state index in [0.717, 1.165) is 5.69 Å². The van der Waals surface area contributed by atoms with Crippen LogP contribution in [0.3, 0.4) is 0 Å². The molecular weight excluding hydrogens is 378 g/mol. The Morgan fingerprint density at radius 3 is 2.68 bits per heavy atom. The van der Waals surface area contributed by atoms with E-state index in [9.17, 15) is 4.79 Å². The van der Waals surface area contributed by atoms with E-state index in [1.54, 1.807) is 67.8 Å². The summed E-state index contributed by atoms with van der Waals surface area (Å²) in [6.07, 6.45) is 1.15. The van der Waals surface area contributed by atoms with Crippen molar-refractivity contribution in [3.05, 3.63) is 77.1 Å². The molecule has 0 bridgehead atoms. The van der Waals surface area contributed by atoms with Crippen molar-refractivity contribution in [1.29, 1.82) is 0 Å². The van der Waals surface area contributed by atoms with Crippen molar-refractivity contribution >= 4 is 28.9 Å². The van der Waals surface area contributed by atoms with Crippen LogP contribution in [-0.2, 0) is 0 Å². The molecule has 1 N–H and O–H groups in total. The Morgan fingerprint density at radius 1 is 1.07 bits per heavy atom. The van der Waals surface area contributed by atoms with E-state index in [2.05, 4.69) is 10.3 Å². The molecule has 0 unspecified atom stereocenters. The van der Waals surface area contributed by atoms with Gasteiger partial charge in [0.05, 0.1) is 31.2 Å². The second-order valence-corrected chi connectivity index (χ2v) is 6.64. The number of anilines is 2. The van der Waals surface area contributed by atoms with E-state index in [-0.39, 0.29) is 5.91 Å². The van der Waals surface area contributed by atoms with E-state index in [0.29, 0.717) is 33.5 Å². The molecule has 0 radical (unpaired) electrons. The first-order valence-electron chi connectivity index (χ1n) is 8.65. The second kappa shape index (κ2) is 7.40. The fourth-order valence-corrected chi connectivity index (χ4v) is 3.48. The van der Waals surface area contributed by atoms with Crippen molar-refractivity contribution in [3.63, 3.8) is 0 Å². The Labute approximate surface area is 167 Å². The molecule has 0 saturated carbocycles. The summed E-state index contributed by atoms with van der Waals surface area (Å²) in [5.41, 5.74) is 2.53. The zero-order chi connectivity index (χ0) is 19.7. The van der Waals surface area contributed by atoms with Crippen LogP contribution < -0.4 is 19.7 Å². The molecule has 2 heterocycles. The minimum Gasteiger partial charge on any atom is -0.497 e. The van der Waals surface area contributed by atoms with Crippen molar-refractivity contribution in [2.45, 2.75) is 6.17 Å². The number of methoxy groups -OCH3 is 2. The number of aromatic nitrogens is 1. The summed E-state index contributed by atoms with van der Waals surface area (Å²) >= 11 is 6.13. The van der Waals surface area contributed by atoms with Gasteiger partial charge in [-0.3, -0.25) is 14.7 Å². The van der Waals surface area contributed by atoms with Gasteiger partial charge in [-0.15, -0.1) is 0 Å². The maximum absolute atomic E-state index is 13.3. The summed E-state index contributed by atoms with van der Waals surface area (Å²) in [7, 11) is 3.14. The van der Waals surface area contributed by atoms with Gasteiger partial charge in [-0.2, -0.15) is 0 Å². The highest BCUT2D eigenvalue weighted by Gasteiger charge is 2.40. The molecule has 1 aromatic heterocycles. The Balaban J connectivity index is 1.84. The highest BCUT2D eigenvalue weighted by Crippen LogP contribution is 2.42. The number of amides is 1. The second-order valence-electron chi connectivity index (χ2n) is 6.21. The van der Waals surface area contributed by atoms with Crippen molar-refractivity contribution in [2.75, 3.05) is 24.4 Å². The number of carbonyl (C=O) groups excluding carboxylic acids is 1. The summed E-state index contributed by atoms with van der Waals surface area (Å²) in [5, 5.41) is 3.97. The Morgan fingerprint density at radius 2 is 1.93 bits per heavy atom. The SMILES string of the molecule is COc1ccc(OC)c(N2C(=O)c3cccnc3[C@@H]2Nc2cccc(Cl)c2)c1. The average molecular weight is 396 g/mol. The Hall–Kier alpha value is -3.25. The van der Waals surface area contributed by atoms with Crippen LogP contribution in [0.4, 0.5) is 11.4 Å². The van der Waals surface area contributed by atoms with Crippen LogP contribution in [0.5, 0.6) is 11.5 Å². The van der Waals surface area contributed by atoms with E-state index < -0.39 is 6.17 Å². The first-order chi connectivity index (χ1) is 13.6. The number of nitrogens with one attached hydrogen (secondary N) is 1. The summed E-state index contributed by atoms with van der Waals surface area (Å²) in [6.45, 7) is 0. The third kappa shape index (κ3) is 3.12. The smallest absolute Gasteiger partial charge is 0.262 e. The molecule has 1 atom stereocenters.